The molecule has 0 spiro atoms. The van der Waals surface area contributed by atoms with E-state index in [-0.39, 0.29) is 18.3 Å². The predicted molar refractivity (Wildman–Crippen MR) is 108 cm³/mol. The Morgan fingerprint density at radius 1 is 1.17 bits per heavy atom. The van der Waals surface area contributed by atoms with Crippen LogP contribution >= 0.6 is 11.6 Å². The molecule has 0 radical (unpaired) electrons. The maximum atomic E-state index is 12.8. The lowest BCUT2D eigenvalue weighted by Crippen LogP contribution is -2.67. The van der Waals surface area contributed by atoms with E-state index in [1.165, 1.54) is 11.0 Å². The first-order valence-corrected chi connectivity index (χ1v) is 9.67. The first kappa shape index (κ1) is 21.3. The van der Waals surface area contributed by atoms with Crippen molar-refractivity contribution in [1.82, 2.24) is 4.90 Å². The van der Waals surface area contributed by atoms with Crippen molar-refractivity contribution in [3.8, 4) is 5.75 Å². The average molecular weight is 431 g/mol. The van der Waals surface area contributed by atoms with Gasteiger partial charge in [0.25, 0.3) is 5.91 Å². The molecule has 1 heterocycles. The van der Waals surface area contributed by atoms with E-state index in [2.05, 4.69) is 0 Å². The molecule has 1 saturated heterocycles. The predicted octanol–water partition coefficient (Wildman–Crippen LogP) is 2.96. The van der Waals surface area contributed by atoms with Gasteiger partial charge in [-0.25, -0.2) is 0 Å². The summed E-state index contributed by atoms with van der Waals surface area (Å²) in [6, 6.07) is 16.9. The SMILES string of the molecule is O=C(CCl)OC(CN1C(=O)[C@@H](Oc2ccccc2)[C@H]1/C=C/[N+](=O)[O-])c1ccccc1. The quantitative estimate of drug-likeness (QED) is 0.199. The third-order valence-corrected chi connectivity index (χ3v) is 4.74. The molecule has 0 aliphatic carbocycles. The van der Waals surface area contributed by atoms with Gasteiger partial charge in [0.15, 0.2) is 0 Å². The van der Waals surface area contributed by atoms with E-state index < -0.39 is 29.1 Å². The highest BCUT2D eigenvalue weighted by molar-refractivity contribution is 6.26. The van der Waals surface area contributed by atoms with Gasteiger partial charge in [0.2, 0.25) is 12.3 Å². The number of halogens is 1. The van der Waals surface area contributed by atoms with E-state index in [0.717, 1.165) is 6.20 Å². The number of para-hydroxylation sites is 1. The minimum absolute atomic E-state index is 0.00679. The van der Waals surface area contributed by atoms with Gasteiger partial charge >= 0.3 is 5.97 Å². The Hall–Kier alpha value is -3.39. The van der Waals surface area contributed by atoms with Gasteiger partial charge in [-0.05, 0) is 17.7 Å². The molecule has 0 bridgehead atoms. The number of nitro groups is 1. The van der Waals surface area contributed by atoms with Crippen LogP contribution in [0.2, 0.25) is 0 Å². The van der Waals surface area contributed by atoms with Crippen LogP contribution in [-0.4, -0.2) is 46.3 Å². The number of hydrogen-bond donors (Lipinski definition) is 0. The minimum Gasteiger partial charge on any atom is -0.478 e. The van der Waals surface area contributed by atoms with Gasteiger partial charge in [-0.3, -0.25) is 19.7 Å². The normalized spacial score (nSPS) is 19.2. The van der Waals surface area contributed by atoms with Crippen LogP contribution in [0.3, 0.4) is 0 Å². The molecule has 2 aromatic rings. The summed E-state index contributed by atoms with van der Waals surface area (Å²) in [5.41, 5.74) is 0.674. The molecule has 1 amide bonds. The monoisotopic (exact) mass is 430 g/mol. The van der Waals surface area contributed by atoms with Gasteiger partial charge < -0.3 is 14.4 Å². The fourth-order valence-electron chi connectivity index (χ4n) is 3.13. The number of ether oxygens (including phenoxy) is 2. The lowest BCUT2D eigenvalue weighted by Gasteiger charge is -2.45. The molecule has 30 heavy (non-hydrogen) atoms. The molecule has 0 aromatic heterocycles. The van der Waals surface area contributed by atoms with E-state index in [9.17, 15) is 19.7 Å². The van der Waals surface area contributed by atoms with E-state index in [4.69, 9.17) is 21.1 Å². The van der Waals surface area contributed by atoms with Crippen LogP contribution in [0.5, 0.6) is 5.75 Å². The Morgan fingerprint density at radius 2 is 1.80 bits per heavy atom. The number of hydrogen-bond acceptors (Lipinski definition) is 6. The van der Waals surface area contributed by atoms with E-state index in [0.29, 0.717) is 11.3 Å². The Labute approximate surface area is 177 Å². The molecule has 8 nitrogen and oxygen atoms in total. The maximum absolute atomic E-state index is 12.8. The summed E-state index contributed by atoms with van der Waals surface area (Å²) in [7, 11) is 0. The fourth-order valence-corrected chi connectivity index (χ4v) is 3.19. The van der Waals surface area contributed by atoms with Crippen LogP contribution in [0.25, 0.3) is 0 Å². The largest absolute Gasteiger partial charge is 0.478 e. The second-order valence-electron chi connectivity index (χ2n) is 6.48. The lowest BCUT2D eigenvalue weighted by atomic mass is 9.95. The van der Waals surface area contributed by atoms with Crippen LogP contribution in [0, 0.1) is 10.1 Å². The molecule has 2 aromatic carbocycles. The number of rotatable bonds is 9. The average Bonchev–Trinajstić information content (AvgIpc) is 2.77. The van der Waals surface area contributed by atoms with Crippen molar-refractivity contribution in [3.05, 3.63) is 88.6 Å². The van der Waals surface area contributed by atoms with Crippen LogP contribution in [0.4, 0.5) is 0 Å². The van der Waals surface area contributed by atoms with Crippen molar-refractivity contribution in [2.24, 2.45) is 0 Å². The molecule has 9 heteroatoms. The number of amides is 1. The number of carbonyl (C=O) groups is 2. The van der Waals surface area contributed by atoms with Crippen molar-refractivity contribution in [2.45, 2.75) is 18.2 Å². The van der Waals surface area contributed by atoms with Crippen molar-refractivity contribution < 1.29 is 24.0 Å². The van der Waals surface area contributed by atoms with Crippen molar-refractivity contribution >= 4 is 23.5 Å². The molecule has 3 rings (SSSR count). The Bertz CT molecular complexity index is 922. The molecular formula is C21H19ClN2O6. The van der Waals surface area contributed by atoms with Crippen molar-refractivity contribution in [2.75, 3.05) is 12.4 Å². The highest BCUT2D eigenvalue weighted by Gasteiger charge is 2.49. The highest BCUT2D eigenvalue weighted by Crippen LogP contribution is 2.30. The number of likely N-dealkylation sites (tertiary alicyclic amines) is 1. The van der Waals surface area contributed by atoms with E-state index in [1.54, 1.807) is 48.5 Å². The Kier molecular flexibility index (Phi) is 7.03. The molecule has 1 unspecified atom stereocenters. The van der Waals surface area contributed by atoms with E-state index >= 15 is 0 Å². The summed E-state index contributed by atoms with van der Waals surface area (Å²) in [5, 5.41) is 10.8. The number of benzene rings is 2. The zero-order valence-electron chi connectivity index (χ0n) is 15.8. The summed E-state index contributed by atoms with van der Waals surface area (Å²) >= 11 is 5.56. The first-order valence-electron chi connectivity index (χ1n) is 9.14. The highest BCUT2D eigenvalue weighted by atomic mass is 35.5. The first-order chi connectivity index (χ1) is 14.5. The molecule has 1 fully saturated rings. The lowest BCUT2D eigenvalue weighted by molar-refractivity contribution is -0.403. The number of esters is 1. The standard InChI is InChI=1S/C21H19ClN2O6/c22-13-19(25)30-18(15-7-3-1-4-8-15)14-23-17(11-12-24(27)28)20(21(23)26)29-16-9-5-2-6-10-16/h1-12,17-18,20H,13-14H2/b12-11+/t17-,18?,20+/m1/s1. The molecule has 0 N–H and O–H groups in total. The molecule has 1 aliphatic heterocycles. The summed E-state index contributed by atoms with van der Waals surface area (Å²) in [5.74, 6) is -0.849. The van der Waals surface area contributed by atoms with Gasteiger partial charge in [-0.15, -0.1) is 11.6 Å². The number of alkyl halides is 1. The Morgan fingerprint density at radius 3 is 2.40 bits per heavy atom. The number of nitrogens with zero attached hydrogens (tertiary/aromatic N) is 2. The zero-order chi connectivity index (χ0) is 21.5. The molecule has 0 saturated carbocycles. The van der Waals surface area contributed by atoms with Gasteiger partial charge in [0, 0.05) is 6.08 Å². The molecule has 156 valence electrons. The van der Waals surface area contributed by atoms with Gasteiger partial charge in [0.05, 0.1) is 11.5 Å². The van der Waals surface area contributed by atoms with Crippen LogP contribution in [-0.2, 0) is 14.3 Å². The smallest absolute Gasteiger partial charge is 0.321 e. The number of β-lactam (4-membered cyclic amide) rings is 1. The topological polar surface area (TPSA) is 99.0 Å². The van der Waals surface area contributed by atoms with Gasteiger partial charge in [-0.2, -0.15) is 0 Å². The van der Waals surface area contributed by atoms with Crippen LogP contribution in [0.15, 0.2) is 72.9 Å². The second-order valence-corrected chi connectivity index (χ2v) is 6.75. The van der Waals surface area contributed by atoms with Crippen molar-refractivity contribution in [3.63, 3.8) is 0 Å². The molecule has 1 aliphatic rings. The number of carbonyl (C=O) groups excluding carboxylic acids is 2. The second kappa shape index (κ2) is 9.89. The third kappa shape index (κ3) is 5.15. The van der Waals surface area contributed by atoms with E-state index in [1.807, 2.05) is 12.1 Å². The molecule has 3 atom stereocenters. The maximum Gasteiger partial charge on any atom is 0.321 e. The summed E-state index contributed by atoms with van der Waals surface area (Å²) in [6.07, 6.45) is 0.378. The minimum atomic E-state index is -0.913. The Balaban J connectivity index is 1.81. The van der Waals surface area contributed by atoms with Gasteiger partial charge in [0.1, 0.15) is 23.8 Å². The summed E-state index contributed by atoms with van der Waals surface area (Å²) < 4.78 is 11.1. The summed E-state index contributed by atoms with van der Waals surface area (Å²) in [6.45, 7) is 0.00679. The zero-order valence-corrected chi connectivity index (χ0v) is 16.6. The van der Waals surface area contributed by atoms with Crippen molar-refractivity contribution in [1.29, 1.82) is 0 Å². The van der Waals surface area contributed by atoms with Crippen LogP contribution in [0.1, 0.15) is 11.7 Å². The summed E-state index contributed by atoms with van der Waals surface area (Å²) in [4.78, 5) is 36.1. The fraction of sp³-hybridized carbons (Fsp3) is 0.238. The third-order valence-electron chi connectivity index (χ3n) is 4.52. The van der Waals surface area contributed by atoms with Gasteiger partial charge in [-0.1, -0.05) is 48.5 Å². The molecular weight excluding hydrogens is 412 g/mol. The van der Waals surface area contributed by atoms with Crippen LogP contribution < -0.4 is 4.74 Å².